The van der Waals surface area contributed by atoms with Crippen LogP contribution in [0.2, 0.25) is 0 Å². The Labute approximate surface area is 102 Å². The molecule has 0 rings (SSSR count). The third kappa shape index (κ3) is 419. The Bertz CT molecular complexity index is 129. The summed E-state index contributed by atoms with van der Waals surface area (Å²) in [4.78, 5) is 45.8. The van der Waals surface area contributed by atoms with Crippen molar-refractivity contribution in [3.63, 3.8) is 0 Å². The van der Waals surface area contributed by atoms with Crippen LogP contribution in [0.25, 0.3) is 0 Å². The zero-order valence-electron chi connectivity index (χ0n) is 6.32. The Morgan fingerprint density at radius 1 is 0.917 bits per heavy atom. The van der Waals surface area contributed by atoms with Gasteiger partial charge in [0, 0.05) is 0 Å². The number of hydrogen-bond acceptors (Lipinski definition) is 4. The molecule has 0 aliphatic carbocycles. The van der Waals surface area contributed by atoms with Gasteiger partial charge in [0.15, 0.2) is 0 Å². The second-order valence-corrected chi connectivity index (χ2v) is 2.95. The van der Waals surface area contributed by atoms with E-state index < -0.39 is 15.6 Å². The van der Waals surface area contributed by atoms with Crippen molar-refractivity contribution < 1.29 is 86.9 Å². The number of phosphoric acid groups is 2. The summed E-state index contributed by atoms with van der Waals surface area (Å²) in [5, 5.41) is 0. The summed E-state index contributed by atoms with van der Waals surface area (Å²) in [7, 11) is -9.78. The van der Waals surface area contributed by atoms with Gasteiger partial charge in [-0.05, 0) is 0 Å². The quantitative estimate of drug-likeness (QED) is 0.233. The summed E-state index contributed by atoms with van der Waals surface area (Å²) < 4.78 is 17.5. The summed E-state index contributed by atoms with van der Waals surface area (Å²) in [6.07, 6.45) is 0. The largest absolute Gasteiger partial charge is 1.00 e. The summed E-state index contributed by atoms with van der Waals surface area (Å²) in [6, 6.07) is 0. The molecule has 4 N–H and O–H groups in total. The Hall–Kier alpha value is 1.82. The summed E-state index contributed by atoms with van der Waals surface area (Å²) >= 11 is 0. The molecule has 12 heavy (non-hydrogen) atoms. The van der Waals surface area contributed by atoms with Gasteiger partial charge in [-0.25, -0.2) is 4.57 Å². The van der Waals surface area contributed by atoms with Gasteiger partial charge in [0.1, 0.15) is 0 Å². The van der Waals surface area contributed by atoms with E-state index in [0.717, 1.165) is 0 Å². The minimum absolute atomic E-state index is 0. The predicted molar refractivity (Wildman–Crippen MR) is 24.1 cm³/mol. The second kappa shape index (κ2) is 9.38. The number of hydrogen-bond donors (Lipinski definition) is 4. The van der Waals surface area contributed by atoms with Crippen LogP contribution in [0.4, 0.5) is 0 Å². The van der Waals surface area contributed by atoms with Crippen molar-refractivity contribution in [2.45, 2.75) is 0 Å². The molecule has 0 aromatic rings. The molecule has 0 aromatic heterocycles. The molecular weight excluding hydrogens is 220 g/mol. The molecule has 12 heteroatoms. The normalized spacial score (nSPS) is 9.83. The molecule has 0 saturated carbocycles. The molecule has 0 amide bonds. The van der Waals surface area contributed by atoms with E-state index in [1.807, 2.05) is 0 Å². The van der Waals surface area contributed by atoms with Crippen molar-refractivity contribution in [3.8, 4) is 0 Å². The van der Waals surface area contributed by atoms with Crippen LogP contribution in [-0.2, 0) is 9.13 Å². The van der Waals surface area contributed by atoms with Crippen molar-refractivity contribution in [2.24, 2.45) is 0 Å². The Morgan fingerprint density at radius 2 is 0.917 bits per heavy atom. The minimum atomic E-state index is -5.14. The van der Waals surface area contributed by atoms with E-state index in [4.69, 9.17) is 38.5 Å². The van der Waals surface area contributed by atoms with Gasteiger partial charge in [0.25, 0.3) is 0 Å². The Morgan fingerprint density at radius 3 is 0.917 bits per heavy atom. The molecule has 8 nitrogen and oxygen atoms in total. The molecule has 0 spiro atoms. The zero-order valence-corrected chi connectivity index (χ0v) is 10.1. The minimum Gasteiger partial charge on any atom is -0.790 e. The smallest absolute Gasteiger partial charge is 0.790 e. The van der Waals surface area contributed by atoms with Gasteiger partial charge < -0.3 is 33.9 Å². The maximum Gasteiger partial charge on any atom is 1.00 e. The third-order valence-corrected chi connectivity index (χ3v) is 0. The standard InChI is InChI=1S/Li.Na.2H3O4P/c;;2*1-5(2,3)4/h;;2*(H3,1,2,3,4)/q2*+1;;/p-2. The van der Waals surface area contributed by atoms with Crippen LogP contribution >= 0.6 is 15.6 Å². The van der Waals surface area contributed by atoms with Gasteiger partial charge in [0.05, 0.1) is 7.82 Å². The Balaban J connectivity index is -0.0000000457. The van der Waals surface area contributed by atoms with Crippen molar-refractivity contribution in [1.82, 2.24) is 0 Å². The van der Waals surface area contributed by atoms with Crippen LogP contribution in [0.1, 0.15) is 0 Å². The first-order valence-corrected chi connectivity index (χ1v) is 4.59. The van der Waals surface area contributed by atoms with Crippen LogP contribution in [0, 0.1) is 0 Å². The fourth-order valence-corrected chi connectivity index (χ4v) is 0. The fraction of sp³-hybridized carbons (Fsp3) is 0. The molecule has 0 heterocycles. The number of rotatable bonds is 0. The molecule has 0 atom stereocenters. The van der Waals surface area contributed by atoms with Gasteiger partial charge in [-0.3, -0.25) is 0 Å². The van der Waals surface area contributed by atoms with E-state index in [2.05, 4.69) is 0 Å². The maximum atomic E-state index is 8.88. The summed E-state index contributed by atoms with van der Waals surface area (Å²) in [5.74, 6) is 0. The molecule has 0 aromatic carbocycles. The zero-order chi connectivity index (χ0) is 9.00. The van der Waals surface area contributed by atoms with E-state index in [0.29, 0.717) is 0 Å². The van der Waals surface area contributed by atoms with E-state index in [9.17, 15) is 0 Å². The van der Waals surface area contributed by atoms with E-state index >= 15 is 0 Å². The molecule has 0 aliphatic heterocycles. The van der Waals surface area contributed by atoms with Gasteiger partial charge in [-0.1, -0.05) is 0 Å². The molecule has 0 fully saturated rings. The van der Waals surface area contributed by atoms with Crippen molar-refractivity contribution in [3.05, 3.63) is 0 Å². The monoisotopic (exact) mass is 224 g/mol. The molecule has 0 unspecified atom stereocenters. The van der Waals surface area contributed by atoms with E-state index in [-0.39, 0.29) is 48.4 Å². The van der Waals surface area contributed by atoms with Crippen molar-refractivity contribution in [1.29, 1.82) is 0 Å². The molecular formula is H4LiNaO8P2. The second-order valence-electron chi connectivity index (χ2n) is 0.982. The van der Waals surface area contributed by atoms with Gasteiger partial charge in [0.2, 0.25) is 0 Å². The van der Waals surface area contributed by atoms with E-state index in [1.54, 1.807) is 0 Å². The SMILES string of the molecule is O=P(O)(O)O.O=P([O-])([O-])O.[Li+].[Na+]. The molecule has 64 valence electrons. The molecule has 0 bridgehead atoms. The van der Waals surface area contributed by atoms with Crippen LogP contribution in [0.15, 0.2) is 0 Å². The fourth-order valence-electron chi connectivity index (χ4n) is 0. The molecule has 0 aliphatic rings. The summed E-state index contributed by atoms with van der Waals surface area (Å²) in [5.41, 5.74) is 0. The first-order valence-electron chi connectivity index (χ1n) is 1.53. The van der Waals surface area contributed by atoms with Crippen molar-refractivity contribution in [2.75, 3.05) is 0 Å². The van der Waals surface area contributed by atoms with E-state index in [1.165, 1.54) is 0 Å². The van der Waals surface area contributed by atoms with Gasteiger partial charge in [-0.2, -0.15) is 0 Å². The first-order chi connectivity index (χ1) is 4.00. The maximum absolute atomic E-state index is 8.88. The van der Waals surface area contributed by atoms with Crippen LogP contribution < -0.4 is 58.2 Å². The van der Waals surface area contributed by atoms with Gasteiger partial charge in [-0.15, -0.1) is 0 Å². The first kappa shape index (κ1) is 23.6. The third-order valence-electron chi connectivity index (χ3n) is 0. The molecule has 0 radical (unpaired) electrons. The van der Waals surface area contributed by atoms with Crippen LogP contribution in [0.3, 0.4) is 0 Å². The predicted octanol–water partition coefficient (Wildman–Crippen LogP) is -9.11. The Kier molecular flexibility index (Phi) is 18.4. The topological polar surface area (TPSA) is 161 Å². The van der Waals surface area contributed by atoms with Crippen molar-refractivity contribution >= 4 is 15.6 Å². The van der Waals surface area contributed by atoms with Gasteiger partial charge >= 0.3 is 56.2 Å². The van der Waals surface area contributed by atoms with Crippen LogP contribution in [-0.4, -0.2) is 19.6 Å². The average molecular weight is 224 g/mol. The van der Waals surface area contributed by atoms with Crippen LogP contribution in [0.5, 0.6) is 0 Å². The average Bonchev–Trinajstić information content (AvgIpc) is 1.12. The molecule has 0 saturated heterocycles. The summed E-state index contributed by atoms with van der Waals surface area (Å²) in [6.45, 7) is 0.